The van der Waals surface area contributed by atoms with E-state index >= 15 is 0 Å². The smallest absolute Gasteiger partial charge is 0.248 e. The topological polar surface area (TPSA) is 66.5 Å². The van der Waals surface area contributed by atoms with E-state index in [1.165, 1.54) is 18.2 Å². The molecule has 0 bridgehead atoms. The Hall–Kier alpha value is -1.47. The van der Waals surface area contributed by atoms with E-state index in [-0.39, 0.29) is 17.1 Å². The fraction of sp³-hybridized carbons (Fsp3) is 0.235. The second-order valence-electron chi connectivity index (χ2n) is 5.58. The molecule has 0 aliphatic heterocycles. The maximum atomic E-state index is 12.7. The van der Waals surface area contributed by atoms with E-state index in [1.807, 2.05) is 0 Å². The molecule has 1 atom stereocenters. The summed E-state index contributed by atoms with van der Waals surface area (Å²) in [4.78, 5) is 12.7. The summed E-state index contributed by atoms with van der Waals surface area (Å²) in [5, 5.41) is 3.64. The third-order valence-electron chi connectivity index (χ3n) is 3.58. The molecule has 0 fully saturated rings. The lowest BCUT2D eigenvalue weighted by molar-refractivity contribution is -0.117. The normalized spacial score (nSPS) is 12.5. The van der Waals surface area contributed by atoms with Crippen molar-refractivity contribution in [3.05, 3.63) is 57.5 Å². The lowest BCUT2D eigenvalue weighted by atomic mass is 10.2. The number of nitrogens with one attached hydrogen (secondary N) is 1. The SMILES string of the molecule is CC[C@H](C(=O)Nc1cccc(Cl)c1)N(c1ccc(Cl)c(Cl)c1)S(C)(=O)=O. The molecule has 2 aromatic rings. The highest BCUT2D eigenvalue weighted by atomic mass is 35.5. The van der Waals surface area contributed by atoms with Crippen molar-refractivity contribution < 1.29 is 13.2 Å². The van der Waals surface area contributed by atoms with Crippen LogP contribution in [-0.4, -0.2) is 26.6 Å². The molecule has 9 heteroatoms. The number of carbonyl (C=O) groups is 1. The molecule has 0 aliphatic rings. The van der Waals surface area contributed by atoms with Gasteiger partial charge in [0, 0.05) is 10.7 Å². The number of sulfonamides is 1. The molecule has 140 valence electrons. The van der Waals surface area contributed by atoms with Gasteiger partial charge in [-0.05, 0) is 42.8 Å². The van der Waals surface area contributed by atoms with Gasteiger partial charge in [-0.25, -0.2) is 8.42 Å². The Morgan fingerprint density at radius 3 is 2.35 bits per heavy atom. The standard InChI is InChI=1S/C17H17Cl3N2O3S/c1-3-16(17(23)21-12-6-4-5-11(18)9-12)22(26(2,24)25)13-7-8-14(19)15(20)10-13/h4-10,16H,3H2,1-2H3,(H,21,23)/t16-/m1/s1. The van der Waals surface area contributed by atoms with Crippen LogP contribution >= 0.6 is 34.8 Å². The van der Waals surface area contributed by atoms with Crippen molar-refractivity contribution in [1.29, 1.82) is 0 Å². The summed E-state index contributed by atoms with van der Waals surface area (Å²) in [6, 6.07) is 10.0. The number of carbonyl (C=O) groups excluding carboxylic acids is 1. The minimum absolute atomic E-state index is 0.197. The van der Waals surface area contributed by atoms with E-state index in [2.05, 4.69) is 5.32 Å². The van der Waals surface area contributed by atoms with Crippen molar-refractivity contribution in [3.63, 3.8) is 0 Å². The molecule has 0 unspecified atom stereocenters. The molecule has 0 aliphatic carbocycles. The Bertz CT molecular complexity index is 919. The average molecular weight is 436 g/mol. The van der Waals surface area contributed by atoms with Crippen LogP contribution in [0.15, 0.2) is 42.5 Å². The first-order valence-corrected chi connectivity index (χ1v) is 10.6. The number of nitrogens with zero attached hydrogens (tertiary/aromatic N) is 1. The third-order valence-corrected chi connectivity index (χ3v) is 5.73. The van der Waals surface area contributed by atoms with Crippen LogP contribution in [0.25, 0.3) is 0 Å². The minimum atomic E-state index is -3.76. The van der Waals surface area contributed by atoms with E-state index in [0.717, 1.165) is 10.6 Å². The Morgan fingerprint density at radius 2 is 1.81 bits per heavy atom. The van der Waals surface area contributed by atoms with Crippen LogP contribution in [0.3, 0.4) is 0 Å². The molecule has 0 heterocycles. The molecule has 1 N–H and O–H groups in total. The summed E-state index contributed by atoms with van der Waals surface area (Å²) in [7, 11) is -3.76. The summed E-state index contributed by atoms with van der Waals surface area (Å²) in [6.45, 7) is 1.72. The van der Waals surface area contributed by atoms with Gasteiger partial charge in [0.2, 0.25) is 15.9 Å². The Balaban J connectivity index is 2.40. The zero-order valence-corrected chi connectivity index (χ0v) is 17.1. The van der Waals surface area contributed by atoms with Gasteiger partial charge in [0.1, 0.15) is 6.04 Å². The van der Waals surface area contributed by atoms with E-state index in [1.54, 1.807) is 31.2 Å². The van der Waals surface area contributed by atoms with Crippen LogP contribution in [0.2, 0.25) is 15.1 Å². The maximum absolute atomic E-state index is 12.7. The third kappa shape index (κ3) is 5.04. The van der Waals surface area contributed by atoms with E-state index < -0.39 is 22.0 Å². The monoisotopic (exact) mass is 434 g/mol. The minimum Gasteiger partial charge on any atom is -0.324 e. The molecule has 26 heavy (non-hydrogen) atoms. The quantitative estimate of drug-likeness (QED) is 0.706. The van der Waals surface area contributed by atoms with E-state index in [9.17, 15) is 13.2 Å². The predicted molar refractivity (Wildman–Crippen MR) is 108 cm³/mol. The van der Waals surface area contributed by atoms with Crippen LogP contribution in [-0.2, 0) is 14.8 Å². The van der Waals surface area contributed by atoms with Gasteiger partial charge in [-0.2, -0.15) is 0 Å². The highest BCUT2D eigenvalue weighted by Gasteiger charge is 2.31. The van der Waals surface area contributed by atoms with Crippen molar-refractivity contribution in [3.8, 4) is 0 Å². The molecule has 0 aromatic heterocycles. The second-order valence-corrected chi connectivity index (χ2v) is 8.69. The fourth-order valence-electron chi connectivity index (χ4n) is 2.47. The van der Waals surface area contributed by atoms with Crippen LogP contribution < -0.4 is 9.62 Å². The van der Waals surface area contributed by atoms with Crippen molar-refractivity contribution in [2.45, 2.75) is 19.4 Å². The van der Waals surface area contributed by atoms with Gasteiger partial charge >= 0.3 is 0 Å². The number of rotatable bonds is 6. The summed E-state index contributed by atoms with van der Waals surface area (Å²) in [6.07, 6.45) is 1.28. The first-order chi connectivity index (χ1) is 12.1. The van der Waals surface area contributed by atoms with Gasteiger partial charge in [-0.1, -0.05) is 47.8 Å². The van der Waals surface area contributed by atoms with Gasteiger partial charge in [0.15, 0.2) is 0 Å². The second kappa shape index (κ2) is 8.48. The molecule has 0 saturated heterocycles. The largest absolute Gasteiger partial charge is 0.324 e. The first-order valence-electron chi connectivity index (χ1n) is 7.64. The maximum Gasteiger partial charge on any atom is 0.248 e. The van der Waals surface area contributed by atoms with Crippen LogP contribution in [0.5, 0.6) is 0 Å². The number of hydrogen-bond acceptors (Lipinski definition) is 3. The van der Waals surface area contributed by atoms with Crippen molar-refractivity contribution >= 4 is 62.1 Å². The van der Waals surface area contributed by atoms with Crippen LogP contribution in [0, 0.1) is 0 Å². The highest BCUT2D eigenvalue weighted by Crippen LogP contribution is 2.30. The summed E-state index contributed by atoms with van der Waals surface area (Å²) < 4.78 is 25.8. The number of benzene rings is 2. The van der Waals surface area contributed by atoms with E-state index in [4.69, 9.17) is 34.8 Å². The number of amides is 1. The van der Waals surface area contributed by atoms with Gasteiger partial charge in [-0.3, -0.25) is 9.10 Å². The van der Waals surface area contributed by atoms with Crippen LogP contribution in [0.1, 0.15) is 13.3 Å². The molecule has 0 saturated carbocycles. The number of hydrogen-bond donors (Lipinski definition) is 1. The number of anilines is 2. The van der Waals surface area contributed by atoms with Gasteiger partial charge in [0.25, 0.3) is 0 Å². The average Bonchev–Trinajstić information content (AvgIpc) is 2.54. The Morgan fingerprint density at radius 1 is 1.12 bits per heavy atom. The van der Waals surface area contributed by atoms with Crippen molar-refractivity contribution in [2.75, 3.05) is 15.9 Å². The Kier molecular flexibility index (Phi) is 6.80. The van der Waals surface area contributed by atoms with E-state index in [0.29, 0.717) is 15.7 Å². The highest BCUT2D eigenvalue weighted by molar-refractivity contribution is 7.92. The summed E-state index contributed by atoms with van der Waals surface area (Å²) in [5.74, 6) is -0.480. The summed E-state index contributed by atoms with van der Waals surface area (Å²) >= 11 is 17.8. The fourth-order valence-corrected chi connectivity index (χ4v) is 4.16. The van der Waals surface area contributed by atoms with Crippen molar-refractivity contribution in [1.82, 2.24) is 0 Å². The molecule has 2 aromatic carbocycles. The molecule has 0 spiro atoms. The molecule has 5 nitrogen and oxygen atoms in total. The molecular weight excluding hydrogens is 419 g/mol. The number of halogens is 3. The molecular formula is C17H17Cl3N2O3S. The van der Waals surface area contributed by atoms with Gasteiger partial charge in [-0.15, -0.1) is 0 Å². The zero-order chi connectivity index (χ0) is 19.5. The van der Waals surface area contributed by atoms with Crippen LogP contribution in [0.4, 0.5) is 11.4 Å². The lowest BCUT2D eigenvalue weighted by Gasteiger charge is -2.30. The van der Waals surface area contributed by atoms with Gasteiger partial charge in [0.05, 0.1) is 22.0 Å². The first kappa shape index (κ1) is 20.8. The van der Waals surface area contributed by atoms with Crippen molar-refractivity contribution in [2.24, 2.45) is 0 Å². The zero-order valence-electron chi connectivity index (χ0n) is 14.0. The lowest BCUT2D eigenvalue weighted by Crippen LogP contribution is -2.47. The molecule has 1 amide bonds. The predicted octanol–water partition coefficient (Wildman–Crippen LogP) is 4.83. The molecule has 2 rings (SSSR count). The molecule has 0 radical (unpaired) electrons. The summed E-state index contributed by atoms with van der Waals surface area (Å²) in [5.41, 5.74) is 0.735. The van der Waals surface area contributed by atoms with Gasteiger partial charge < -0.3 is 5.32 Å². The Labute approximate surface area is 167 Å².